The summed E-state index contributed by atoms with van der Waals surface area (Å²) in [7, 11) is 0. The van der Waals surface area contributed by atoms with Crippen LogP contribution in [0.1, 0.15) is 62.1 Å². The molecule has 148 valence electrons. The molecule has 1 atom stereocenters. The number of carbonyl (C=O) groups excluding carboxylic acids is 1. The van der Waals surface area contributed by atoms with Crippen molar-refractivity contribution in [1.82, 2.24) is 19.9 Å². The molecule has 6 heteroatoms. The van der Waals surface area contributed by atoms with Crippen molar-refractivity contribution in [3.8, 4) is 0 Å². The molecule has 2 fully saturated rings. The van der Waals surface area contributed by atoms with E-state index in [1.165, 1.54) is 19.3 Å². The van der Waals surface area contributed by atoms with Crippen LogP contribution >= 0.6 is 0 Å². The molecular formula is C22H29N5O. The Morgan fingerprint density at radius 1 is 1.07 bits per heavy atom. The number of nitrogens with one attached hydrogen (secondary N) is 1. The predicted octanol–water partition coefficient (Wildman–Crippen LogP) is 4.21. The lowest BCUT2D eigenvalue weighted by Crippen LogP contribution is -2.43. The van der Waals surface area contributed by atoms with Gasteiger partial charge in [0.25, 0.3) is 0 Å². The Kier molecular flexibility index (Phi) is 5.84. The number of likely N-dealkylation sites (tertiary alicyclic amines) is 1. The van der Waals surface area contributed by atoms with E-state index >= 15 is 0 Å². The Hall–Kier alpha value is -2.50. The van der Waals surface area contributed by atoms with Gasteiger partial charge in [0.15, 0.2) is 0 Å². The smallest absolute Gasteiger partial charge is 0.228 e. The summed E-state index contributed by atoms with van der Waals surface area (Å²) in [5.74, 6) is 2.17. The first-order valence-corrected chi connectivity index (χ1v) is 10.5. The molecular weight excluding hydrogens is 350 g/mol. The van der Waals surface area contributed by atoms with Gasteiger partial charge >= 0.3 is 0 Å². The maximum Gasteiger partial charge on any atom is 0.228 e. The van der Waals surface area contributed by atoms with Gasteiger partial charge in [-0.3, -0.25) is 4.79 Å². The van der Waals surface area contributed by atoms with Crippen molar-refractivity contribution in [3.63, 3.8) is 0 Å². The number of aromatic nitrogens is 3. The van der Waals surface area contributed by atoms with Crippen molar-refractivity contribution in [2.45, 2.75) is 57.8 Å². The summed E-state index contributed by atoms with van der Waals surface area (Å²) < 4.78 is 0. The Morgan fingerprint density at radius 2 is 1.93 bits per heavy atom. The van der Waals surface area contributed by atoms with Crippen LogP contribution in [0.2, 0.25) is 0 Å². The van der Waals surface area contributed by atoms with Gasteiger partial charge in [-0.1, -0.05) is 25.3 Å². The second-order valence-corrected chi connectivity index (χ2v) is 8.11. The van der Waals surface area contributed by atoms with Crippen LogP contribution in [-0.4, -0.2) is 38.8 Å². The van der Waals surface area contributed by atoms with E-state index in [0.29, 0.717) is 11.9 Å². The maximum absolute atomic E-state index is 12.9. The molecule has 6 nitrogen and oxygen atoms in total. The fourth-order valence-corrected chi connectivity index (χ4v) is 4.34. The number of nitrogens with zero attached hydrogens (tertiary/aromatic N) is 4. The van der Waals surface area contributed by atoms with Crippen LogP contribution in [0.15, 0.2) is 30.6 Å². The molecule has 0 bridgehead atoms. The predicted molar refractivity (Wildman–Crippen MR) is 109 cm³/mol. The van der Waals surface area contributed by atoms with Gasteiger partial charge in [-0.05, 0) is 50.3 Å². The molecule has 0 unspecified atom stereocenters. The van der Waals surface area contributed by atoms with Crippen molar-refractivity contribution in [2.75, 3.05) is 18.4 Å². The third kappa shape index (κ3) is 4.49. The zero-order valence-corrected chi connectivity index (χ0v) is 16.6. The Labute approximate surface area is 166 Å². The number of amides is 1. The largest absolute Gasteiger partial charge is 0.342 e. The monoisotopic (exact) mass is 379 g/mol. The molecule has 1 amide bonds. The molecule has 4 rings (SSSR count). The number of anilines is 2. The summed E-state index contributed by atoms with van der Waals surface area (Å²) in [5, 5.41) is 3.18. The molecule has 0 radical (unpaired) electrons. The number of piperidine rings is 1. The summed E-state index contributed by atoms with van der Waals surface area (Å²) in [6, 6.07) is 5.92. The van der Waals surface area contributed by atoms with Crippen LogP contribution in [0.4, 0.5) is 11.8 Å². The zero-order valence-electron chi connectivity index (χ0n) is 16.6. The van der Waals surface area contributed by atoms with Gasteiger partial charge in [0.1, 0.15) is 5.82 Å². The number of rotatable bonds is 4. The van der Waals surface area contributed by atoms with Crippen molar-refractivity contribution in [3.05, 3.63) is 41.9 Å². The summed E-state index contributed by atoms with van der Waals surface area (Å²) in [6.07, 6.45) is 11.5. The molecule has 2 aromatic rings. The molecule has 2 aliphatic rings. The molecule has 1 saturated carbocycles. The third-order valence-corrected chi connectivity index (χ3v) is 5.93. The first-order valence-electron chi connectivity index (χ1n) is 10.5. The van der Waals surface area contributed by atoms with Gasteiger partial charge in [-0.25, -0.2) is 15.0 Å². The molecule has 0 spiro atoms. The van der Waals surface area contributed by atoms with E-state index in [-0.39, 0.29) is 11.8 Å². The van der Waals surface area contributed by atoms with E-state index < -0.39 is 0 Å². The Balaban J connectivity index is 1.43. The highest BCUT2D eigenvalue weighted by molar-refractivity contribution is 5.79. The summed E-state index contributed by atoms with van der Waals surface area (Å²) in [4.78, 5) is 28.4. The topological polar surface area (TPSA) is 71.0 Å². The minimum absolute atomic E-state index is 0.239. The highest BCUT2D eigenvalue weighted by atomic mass is 16.2. The molecule has 2 aromatic heterocycles. The lowest BCUT2D eigenvalue weighted by atomic mass is 9.87. The van der Waals surface area contributed by atoms with Gasteiger partial charge in [0.2, 0.25) is 11.9 Å². The minimum Gasteiger partial charge on any atom is -0.342 e. The SMILES string of the molecule is Cc1ccc(Nc2nccc([C@H]3CCCN(C(=O)C4CCCCC4)C3)n2)nc1. The van der Waals surface area contributed by atoms with Gasteiger partial charge in [-0.15, -0.1) is 0 Å². The van der Waals surface area contributed by atoms with Crippen molar-refractivity contribution < 1.29 is 4.79 Å². The van der Waals surface area contributed by atoms with Crippen molar-refractivity contribution in [1.29, 1.82) is 0 Å². The van der Waals surface area contributed by atoms with Gasteiger partial charge in [-0.2, -0.15) is 0 Å². The van der Waals surface area contributed by atoms with E-state index in [1.54, 1.807) is 6.20 Å². The van der Waals surface area contributed by atoms with Crippen LogP contribution in [0, 0.1) is 12.8 Å². The molecule has 1 saturated heterocycles. The standard InChI is InChI=1S/C22H29N5O/c1-16-9-10-20(24-14-16)26-22-23-12-11-19(25-22)18-8-5-13-27(15-18)21(28)17-6-3-2-4-7-17/h9-12,14,17-18H,2-8,13,15H2,1H3,(H,23,24,25,26)/t18-/m0/s1. The third-order valence-electron chi connectivity index (χ3n) is 5.93. The van der Waals surface area contributed by atoms with Gasteiger partial charge in [0.05, 0.1) is 5.69 Å². The molecule has 0 aromatic carbocycles. The van der Waals surface area contributed by atoms with Gasteiger partial charge in [0, 0.05) is 37.3 Å². The first kappa shape index (κ1) is 18.8. The number of aryl methyl sites for hydroxylation is 1. The lowest BCUT2D eigenvalue weighted by molar-refractivity contribution is -0.137. The quantitative estimate of drug-likeness (QED) is 0.862. The second kappa shape index (κ2) is 8.67. The van der Waals surface area contributed by atoms with Crippen LogP contribution < -0.4 is 5.32 Å². The van der Waals surface area contributed by atoms with Crippen LogP contribution in [0.25, 0.3) is 0 Å². The molecule has 1 aliphatic carbocycles. The number of hydrogen-bond acceptors (Lipinski definition) is 5. The lowest BCUT2D eigenvalue weighted by Gasteiger charge is -2.35. The number of carbonyl (C=O) groups is 1. The second-order valence-electron chi connectivity index (χ2n) is 8.11. The molecule has 1 aliphatic heterocycles. The highest BCUT2D eigenvalue weighted by Crippen LogP contribution is 2.30. The normalized spacial score (nSPS) is 20.8. The average molecular weight is 380 g/mol. The Bertz CT molecular complexity index is 801. The first-order chi connectivity index (χ1) is 13.7. The minimum atomic E-state index is 0.239. The van der Waals surface area contributed by atoms with E-state index in [0.717, 1.165) is 55.8 Å². The fourth-order valence-electron chi connectivity index (χ4n) is 4.34. The highest BCUT2D eigenvalue weighted by Gasteiger charge is 2.30. The summed E-state index contributed by atoms with van der Waals surface area (Å²) in [5.41, 5.74) is 2.12. The van der Waals surface area contributed by atoms with E-state index in [2.05, 4.69) is 20.2 Å². The number of hydrogen-bond donors (Lipinski definition) is 1. The molecule has 1 N–H and O–H groups in total. The van der Waals surface area contributed by atoms with Crippen LogP contribution in [0.5, 0.6) is 0 Å². The van der Waals surface area contributed by atoms with E-state index in [9.17, 15) is 4.79 Å². The van der Waals surface area contributed by atoms with Gasteiger partial charge < -0.3 is 10.2 Å². The van der Waals surface area contributed by atoms with E-state index in [4.69, 9.17) is 4.98 Å². The summed E-state index contributed by atoms with van der Waals surface area (Å²) in [6.45, 7) is 3.67. The van der Waals surface area contributed by atoms with E-state index in [1.807, 2.05) is 31.3 Å². The molecule has 28 heavy (non-hydrogen) atoms. The molecule has 3 heterocycles. The van der Waals surface area contributed by atoms with Crippen molar-refractivity contribution in [2.24, 2.45) is 5.92 Å². The van der Waals surface area contributed by atoms with Crippen molar-refractivity contribution >= 4 is 17.7 Å². The fraction of sp³-hybridized carbons (Fsp3) is 0.545. The zero-order chi connectivity index (χ0) is 19.3. The summed E-state index contributed by atoms with van der Waals surface area (Å²) >= 11 is 0. The average Bonchev–Trinajstić information content (AvgIpc) is 2.76. The Morgan fingerprint density at radius 3 is 2.71 bits per heavy atom. The van der Waals surface area contributed by atoms with Crippen LogP contribution in [-0.2, 0) is 4.79 Å². The number of pyridine rings is 1. The van der Waals surface area contributed by atoms with Crippen LogP contribution in [0.3, 0.4) is 0 Å². The maximum atomic E-state index is 12.9.